The van der Waals surface area contributed by atoms with Crippen molar-refractivity contribution >= 4 is 0 Å². The van der Waals surface area contributed by atoms with Crippen molar-refractivity contribution in [1.29, 1.82) is 0 Å². The Morgan fingerprint density at radius 2 is 1.43 bits per heavy atom. The number of unbranched alkanes of at least 4 members (excludes halogenated alkanes) is 7. The summed E-state index contributed by atoms with van der Waals surface area (Å²) in [6.07, 6.45) is 17.3. The summed E-state index contributed by atoms with van der Waals surface area (Å²) in [6.45, 7) is 7.57. The fourth-order valence-corrected chi connectivity index (χ4v) is 3.71. The minimum atomic E-state index is 0.962. The van der Waals surface area contributed by atoms with E-state index in [0.717, 1.165) is 12.0 Å². The number of piperidine rings is 1. The van der Waals surface area contributed by atoms with Crippen LogP contribution in [0.3, 0.4) is 0 Å². The predicted octanol–water partition coefficient (Wildman–Crippen LogP) is 4.59. The van der Waals surface area contributed by atoms with Gasteiger partial charge in [0.2, 0.25) is 0 Å². The number of nitrogens with zero attached hydrogens (tertiary/aromatic N) is 1. The lowest BCUT2D eigenvalue weighted by Crippen LogP contribution is -2.37. The first-order valence-electron chi connectivity index (χ1n) is 9.85. The van der Waals surface area contributed by atoms with Gasteiger partial charge in [0.15, 0.2) is 0 Å². The van der Waals surface area contributed by atoms with Gasteiger partial charge < -0.3 is 10.2 Å². The van der Waals surface area contributed by atoms with E-state index in [1.54, 1.807) is 0 Å². The zero-order valence-corrected chi connectivity index (χ0v) is 14.4. The van der Waals surface area contributed by atoms with E-state index < -0.39 is 0 Å². The van der Waals surface area contributed by atoms with Crippen molar-refractivity contribution < 1.29 is 0 Å². The molecular weight excluding hydrogens is 256 g/mol. The smallest absolute Gasteiger partial charge is 0.00965 e. The lowest BCUT2D eigenvalue weighted by atomic mass is 9.97. The van der Waals surface area contributed by atoms with E-state index in [9.17, 15) is 0 Å². The molecule has 0 amide bonds. The molecule has 0 spiro atoms. The van der Waals surface area contributed by atoms with Gasteiger partial charge in [0.05, 0.1) is 0 Å². The molecule has 1 saturated heterocycles. The molecule has 1 aliphatic heterocycles. The summed E-state index contributed by atoms with van der Waals surface area (Å²) in [5, 5.41) is 3.50. The van der Waals surface area contributed by atoms with E-state index in [1.807, 2.05) is 0 Å². The van der Waals surface area contributed by atoms with Crippen LogP contribution in [0.15, 0.2) is 0 Å². The molecule has 2 aliphatic rings. The molecule has 1 N–H and O–H groups in total. The molecule has 0 bridgehead atoms. The molecule has 0 unspecified atom stereocenters. The Labute approximate surface area is 133 Å². The van der Waals surface area contributed by atoms with Crippen LogP contribution in [0.5, 0.6) is 0 Å². The highest BCUT2D eigenvalue weighted by Gasteiger charge is 2.30. The molecule has 2 fully saturated rings. The van der Waals surface area contributed by atoms with Crippen molar-refractivity contribution in [2.45, 2.75) is 90.0 Å². The lowest BCUT2D eigenvalue weighted by Gasteiger charge is -2.30. The third-order valence-corrected chi connectivity index (χ3v) is 5.31. The van der Waals surface area contributed by atoms with E-state index in [-0.39, 0.29) is 0 Å². The molecule has 0 aromatic heterocycles. The summed E-state index contributed by atoms with van der Waals surface area (Å²) in [5.74, 6) is 0.973. The Balaban J connectivity index is 1.49. The highest BCUT2D eigenvalue weighted by atomic mass is 15.2. The predicted molar refractivity (Wildman–Crippen MR) is 92.8 cm³/mol. The maximum absolute atomic E-state index is 3.50. The summed E-state index contributed by atoms with van der Waals surface area (Å²) < 4.78 is 0. The molecule has 124 valence electrons. The number of rotatable bonds is 12. The van der Waals surface area contributed by atoms with Crippen LogP contribution in [0.25, 0.3) is 0 Å². The number of nitrogens with one attached hydrogen (secondary N) is 1. The summed E-state index contributed by atoms with van der Waals surface area (Å²) >= 11 is 0. The van der Waals surface area contributed by atoms with E-state index in [4.69, 9.17) is 0 Å². The van der Waals surface area contributed by atoms with Crippen LogP contribution in [-0.4, -0.2) is 37.1 Å². The van der Waals surface area contributed by atoms with Crippen LogP contribution in [-0.2, 0) is 0 Å². The van der Waals surface area contributed by atoms with Crippen LogP contribution in [0.4, 0.5) is 0 Å². The Morgan fingerprint density at radius 1 is 0.810 bits per heavy atom. The molecule has 1 heterocycles. The van der Waals surface area contributed by atoms with Crippen molar-refractivity contribution in [3.63, 3.8) is 0 Å². The largest absolute Gasteiger partial charge is 0.317 e. The highest BCUT2D eigenvalue weighted by Crippen LogP contribution is 2.29. The van der Waals surface area contributed by atoms with Gasteiger partial charge >= 0.3 is 0 Å². The van der Waals surface area contributed by atoms with E-state index in [1.165, 1.54) is 103 Å². The van der Waals surface area contributed by atoms with Crippen LogP contribution >= 0.6 is 0 Å². The van der Waals surface area contributed by atoms with E-state index in [2.05, 4.69) is 17.1 Å². The Morgan fingerprint density at radius 3 is 2.05 bits per heavy atom. The van der Waals surface area contributed by atoms with Gasteiger partial charge in [-0.15, -0.1) is 0 Å². The first-order valence-corrected chi connectivity index (χ1v) is 9.85. The normalized spacial score (nSPS) is 20.3. The van der Waals surface area contributed by atoms with E-state index >= 15 is 0 Å². The van der Waals surface area contributed by atoms with E-state index in [0.29, 0.717) is 0 Å². The third-order valence-electron chi connectivity index (χ3n) is 5.31. The van der Waals surface area contributed by atoms with Crippen molar-refractivity contribution in [2.24, 2.45) is 5.92 Å². The van der Waals surface area contributed by atoms with Crippen LogP contribution in [0.2, 0.25) is 0 Å². The van der Waals surface area contributed by atoms with Crippen molar-refractivity contribution in [1.82, 2.24) is 10.2 Å². The first kappa shape index (κ1) is 17.3. The summed E-state index contributed by atoms with van der Waals surface area (Å²) in [5.41, 5.74) is 0. The molecule has 21 heavy (non-hydrogen) atoms. The molecular formula is C19H38N2. The van der Waals surface area contributed by atoms with Gasteiger partial charge in [-0.2, -0.15) is 0 Å². The Hall–Kier alpha value is -0.0800. The lowest BCUT2D eigenvalue weighted by molar-refractivity contribution is 0.194. The van der Waals surface area contributed by atoms with Crippen LogP contribution in [0, 0.1) is 5.92 Å². The average molecular weight is 295 g/mol. The molecule has 1 saturated carbocycles. The minimum Gasteiger partial charge on any atom is -0.317 e. The second-order valence-electron chi connectivity index (χ2n) is 7.39. The molecule has 0 aromatic rings. The molecule has 0 aromatic carbocycles. The molecule has 0 radical (unpaired) electrons. The minimum absolute atomic E-state index is 0.962. The van der Waals surface area contributed by atoms with Gasteiger partial charge in [0.25, 0.3) is 0 Å². The quantitative estimate of drug-likeness (QED) is 0.530. The third kappa shape index (κ3) is 7.65. The topological polar surface area (TPSA) is 15.3 Å². The standard InChI is InChI=1S/C19H38N2/c1-2-3-4-5-6-7-8-9-16-21(19-10-11-19)17-18-12-14-20-15-13-18/h18-20H,2-17H2,1H3. The second kappa shape index (κ2) is 10.6. The first-order chi connectivity index (χ1) is 10.4. The maximum atomic E-state index is 3.50. The molecule has 1 aliphatic carbocycles. The van der Waals surface area contributed by atoms with Gasteiger partial charge in [-0.3, -0.25) is 0 Å². The fraction of sp³-hybridized carbons (Fsp3) is 1.00. The summed E-state index contributed by atoms with van der Waals surface area (Å²) in [7, 11) is 0. The maximum Gasteiger partial charge on any atom is 0.00965 e. The molecule has 2 rings (SSSR count). The van der Waals surface area contributed by atoms with Crippen molar-refractivity contribution in [3.05, 3.63) is 0 Å². The van der Waals surface area contributed by atoms with Gasteiger partial charge in [-0.05, 0) is 57.7 Å². The number of hydrogen-bond acceptors (Lipinski definition) is 2. The van der Waals surface area contributed by atoms with Gasteiger partial charge in [0, 0.05) is 12.6 Å². The van der Waals surface area contributed by atoms with Gasteiger partial charge in [-0.1, -0.05) is 51.9 Å². The van der Waals surface area contributed by atoms with Crippen molar-refractivity contribution in [2.75, 3.05) is 26.2 Å². The summed E-state index contributed by atoms with van der Waals surface area (Å²) in [4.78, 5) is 2.84. The van der Waals surface area contributed by atoms with Crippen molar-refractivity contribution in [3.8, 4) is 0 Å². The Kier molecular flexibility index (Phi) is 8.73. The van der Waals surface area contributed by atoms with Crippen LogP contribution in [0.1, 0.15) is 84.0 Å². The zero-order chi connectivity index (χ0) is 14.8. The second-order valence-corrected chi connectivity index (χ2v) is 7.39. The highest BCUT2D eigenvalue weighted by molar-refractivity contribution is 4.86. The zero-order valence-electron chi connectivity index (χ0n) is 14.4. The fourth-order valence-electron chi connectivity index (χ4n) is 3.71. The number of hydrogen-bond donors (Lipinski definition) is 1. The molecule has 2 heteroatoms. The average Bonchev–Trinajstić information content (AvgIpc) is 3.34. The van der Waals surface area contributed by atoms with Gasteiger partial charge in [-0.25, -0.2) is 0 Å². The summed E-state index contributed by atoms with van der Waals surface area (Å²) in [6, 6.07) is 0.962. The molecule has 2 nitrogen and oxygen atoms in total. The van der Waals surface area contributed by atoms with Crippen LogP contribution < -0.4 is 5.32 Å². The molecule has 0 atom stereocenters. The Bertz CT molecular complexity index is 244. The monoisotopic (exact) mass is 294 g/mol. The SMILES string of the molecule is CCCCCCCCCCN(CC1CCNCC1)C1CC1. The van der Waals surface area contributed by atoms with Gasteiger partial charge in [0.1, 0.15) is 0 Å².